The van der Waals surface area contributed by atoms with Crippen LogP contribution in [-0.4, -0.2) is 46.2 Å². The van der Waals surface area contributed by atoms with Crippen molar-refractivity contribution in [3.05, 3.63) is 30.0 Å². The molecule has 0 bridgehead atoms. The summed E-state index contributed by atoms with van der Waals surface area (Å²) >= 11 is 0. The second-order valence-corrected chi connectivity index (χ2v) is 6.92. The van der Waals surface area contributed by atoms with Gasteiger partial charge in [-0.15, -0.1) is 0 Å². The van der Waals surface area contributed by atoms with Crippen molar-refractivity contribution in [1.29, 1.82) is 0 Å². The molecule has 5 heteroatoms. The van der Waals surface area contributed by atoms with Crippen molar-refractivity contribution >= 4 is 16.8 Å². The van der Waals surface area contributed by atoms with E-state index in [1.165, 1.54) is 38.6 Å². The molecule has 1 aromatic carbocycles. The summed E-state index contributed by atoms with van der Waals surface area (Å²) in [4.78, 5) is 15.2. The molecule has 2 aliphatic rings. The third-order valence-corrected chi connectivity index (χ3v) is 5.33. The third kappa shape index (κ3) is 3.11. The maximum absolute atomic E-state index is 12.6. The highest BCUT2D eigenvalue weighted by Gasteiger charge is 2.28. The van der Waals surface area contributed by atoms with Crippen LogP contribution >= 0.6 is 0 Å². The first-order chi connectivity index (χ1) is 11.3. The Labute approximate surface area is 136 Å². The fourth-order valence-electron chi connectivity index (χ4n) is 3.73. The summed E-state index contributed by atoms with van der Waals surface area (Å²) < 4.78 is 0. The van der Waals surface area contributed by atoms with Gasteiger partial charge >= 0.3 is 0 Å². The second kappa shape index (κ2) is 6.32. The summed E-state index contributed by atoms with van der Waals surface area (Å²) in [6.45, 7) is 2.20. The van der Waals surface area contributed by atoms with E-state index in [-0.39, 0.29) is 11.9 Å². The second-order valence-electron chi connectivity index (χ2n) is 6.92. The lowest BCUT2D eigenvalue weighted by molar-refractivity contribution is 0.0892. The van der Waals surface area contributed by atoms with Crippen LogP contribution in [0.25, 0.3) is 10.9 Å². The first-order valence-corrected chi connectivity index (χ1v) is 8.77. The number of carbonyl (C=O) groups is 1. The molecule has 1 saturated heterocycles. The largest absolute Gasteiger partial charge is 0.348 e. The molecule has 2 aromatic rings. The number of aromatic amines is 1. The summed E-state index contributed by atoms with van der Waals surface area (Å²) in [5, 5.41) is 11.2. The van der Waals surface area contributed by atoms with Crippen LogP contribution in [0.4, 0.5) is 0 Å². The Morgan fingerprint density at radius 1 is 1.22 bits per heavy atom. The third-order valence-electron chi connectivity index (χ3n) is 5.33. The monoisotopic (exact) mass is 312 g/mol. The van der Waals surface area contributed by atoms with E-state index in [0.29, 0.717) is 0 Å². The molecule has 122 valence electrons. The molecule has 1 aliphatic carbocycles. The molecule has 2 N–H and O–H groups in total. The van der Waals surface area contributed by atoms with E-state index < -0.39 is 0 Å². The molecule has 1 saturated carbocycles. The van der Waals surface area contributed by atoms with Crippen molar-refractivity contribution in [2.75, 3.05) is 13.1 Å². The van der Waals surface area contributed by atoms with Crippen LogP contribution in [-0.2, 0) is 0 Å². The highest BCUT2D eigenvalue weighted by atomic mass is 16.1. The lowest BCUT2D eigenvalue weighted by atomic mass is 9.91. The molecule has 2 heterocycles. The van der Waals surface area contributed by atoms with E-state index in [4.69, 9.17) is 0 Å². The Morgan fingerprint density at radius 3 is 2.96 bits per heavy atom. The van der Waals surface area contributed by atoms with Gasteiger partial charge in [0.1, 0.15) is 0 Å². The zero-order valence-electron chi connectivity index (χ0n) is 13.4. The number of fused-ring (bicyclic) bond motifs is 1. The Hall–Kier alpha value is -1.88. The van der Waals surface area contributed by atoms with Crippen molar-refractivity contribution in [1.82, 2.24) is 20.4 Å². The number of hydrogen-bond acceptors (Lipinski definition) is 3. The van der Waals surface area contributed by atoms with E-state index in [0.717, 1.165) is 35.5 Å². The van der Waals surface area contributed by atoms with Crippen LogP contribution in [0.15, 0.2) is 24.4 Å². The summed E-state index contributed by atoms with van der Waals surface area (Å²) in [6, 6.07) is 6.73. The maximum atomic E-state index is 12.6. The first-order valence-electron chi connectivity index (χ1n) is 8.77. The molecule has 0 spiro atoms. The SMILES string of the molecule is O=C(NC1CCCCN(C2CCC2)C1)c1ccc2[nH]ncc2c1. The minimum Gasteiger partial charge on any atom is -0.348 e. The van der Waals surface area contributed by atoms with E-state index >= 15 is 0 Å². The van der Waals surface area contributed by atoms with Gasteiger partial charge in [-0.2, -0.15) is 5.10 Å². The molecule has 1 atom stereocenters. The van der Waals surface area contributed by atoms with Gasteiger partial charge in [0.15, 0.2) is 0 Å². The number of nitrogens with zero attached hydrogens (tertiary/aromatic N) is 2. The fraction of sp³-hybridized carbons (Fsp3) is 0.556. The van der Waals surface area contributed by atoms with E-state index in [1.807, 2.05) is 18.2 Å². The number of likely N-dealkylation sites (tertiary alicyclic amines) is 1. The van der Waals surface area contributed by atoms with E-state index in [9.17, 15) is 4.79 Å². The molecule has 1 aliphatic heterocycles. The number of amides is 1. The average molecular weight is 312 g/mol. The zero-order valence-corrected chi connectivity index (χ0v) is 13.4. The van der Waals surface area contributed by atoms with Gasteiger partial charge < -0.3 is 5.32 Å². The molecular formula is C18H24N4O. The Morgan fingerprint density at radius 2 is 2.13 bits per heavy atom. The minimum atomic E-state index is 0.0357. The number of H-pyrrole nitrogens is 1. The predicted molar refractivity (Wildman–Crippen MR) is 90.4 cm³/mol. The quantitative estimate of drug-likeness (QED) is 0.916. The topological polar surface area (TPSA) is 61.0 Å². The molecule has 2 fully saturated rings. The Balaban J connectivity index is 1.43. The summed E-state index contributed by atoms with van der Waals surface area (Å²) in [6.07, 6.45) is 9.33. The van der Waals surface area contributed by atoms with Crippen LogP contribution in [0.3, 0.4) is 0 Å². The van der Waals surface area contributed by atoms with E-state index in [2.05, 4.69) is 20.4 Å². The van der Waals surface area contributed by atoms with Crippen molar-refractivity contribution in [2.45, 2.75) is 50.6 Å². The maximum Gasteiger partial charge on any atom is 0.251 e. The molecule has 1 amide bonds. The smallest absolute Gasteiger partial charge is 0.251 e. The van der Waals surface area contributed by atoms with Crippen molar-refractivity contribution in [3.63, 3.8) is 0 Å². The normalized spacial score (nSPS) is 23.4. The first kappa shape index (κ1) is 14.7. The Bertz CT molecular complexity index is 691. The highest BCUT2D eigenvalue weighted by Crippen LogP contribution is 2.27. The number of benzene rings is 1. The predicted octanol–water partition coefficient (Wildman–Crippen LogP) is 2.70. The van der Waals surface area contributed by atoms with Crippen molar-refractivity contribution in [2.24, 2.45) is 0 Å². The molecule has 1 unspecified atom stereocenters. The zero-order chi connectivity index (χ0) is 15.6. The van der Waals surface area contributed by atoms with Crippen molar-refractivity contribution < 1.29 is 4.79 Å². The van der Waals surface area contributed by atoms with Gasteiger partial charge in [-0.25, -0.2) is 0 Å². The van der Waals surface area contributed by atoms with Crippen LogP contribution in [0.5, 0.6) is 0 Å². The average Bonchev–Trinajstić information content (AvgIpc) is 2.86. The number of carbonyl (C=O) groups excluding carboxylic acids is 1. The van der Waals surface area contributed by atoms with Gasteiger partial charge in [-0.1, -0.05) is 12.8 Å². The molecular weight excluding hydrogens is 288 g/mol. The van der Waals surface area contributed by atoms with Crippen molar-refractivity contribution in [3.8, 4) is 0 Å². The lowest BCUT2D eigenvalue weighted by Crippen LogP contribution is -2.48. The minimum absolute atomic E-state index is 0.0357. The van der Waals surface area contributed by atoms with Crippen LogP contribution in [0.1, 0.15) is 48.9 Å². The summed E-state index contributed by atoms with van der Waals surface area (Å²) in [5.74, 6) is 0.0357. The molecule has 1 aromatic heterocycles. The summed E-state index contributed by atoms with van der Waals surface area (Å²) in [5.41, 5.74) is 1.69. The van der Waals surface area contributed by atoms with Crippen LogP contribution in [0.2, 0.25) is 0 Å². The molecule has 4 rings (SSSR count). The standard InChI is InChI=1S/C18H24N4O/c23-18(13-7-8-17-14(10-13)11-19-21-17)20-15-4-1-2-9-22(12-15)16-5-3-6-16/h7-8,10-11,15-16H,1-6,9,12H2,(H,19,21)(H,20,23). The highest BCUT2D eigenvalue weighted by molar-refractivity contribution is 5.98. The van der Waals surface area contributed by atoms with Gasteiger partial charge in [0.2, 0.25) is 0 Å². The Kier molecular flexibility index (Phi) is 4.04. The van der Waals surface area contributed by atoms with Gasteiger partial charge in [-0.05, 0) is 50.4 Å². The summed E-state index contributed by atoms with van der Waals surface area (Å²) in [7, 11) is 0. The number of rotatable bonds is 3. The fourth-order valence-corrected chi connectivity index (χ4v) is 3.73. The number of aromatic nitrogens is 2. The van der Waals surface area contributed by atoms with Crippen LogP contribution < -0.4 is 5.32 Å². The number of nitrogens with one attached hydrogen (secondary N) is 2. The molecule has 23 heavy (non-hydrogen) atoms. The molecule has 0 radical (unpaired) electrons. The molecule has 5 nitrogen and oxygen atoms in total. The van der Waals surface area contributed by atoms with Gasteiger partial charge in [0.25, 0.3) is 5.91 Å². The van der Waals surface area contributed by atoms with Gasteiger partial charge in [-0.3, -0.25) is 14.8 Å². The van der Waals surface area contributed by atoms with Gasteiger partial charge in [0.05, 0.1) is 11.7 Å². The number of hydrogen-bond donors (Lipinski definition) is 2. The van der Waals surface area contributed by atoms with Crippen LogP contribution in [0, 0.1) is 0 Å². The lowest BCUT2D eigenvalue weighted by Gasteiger charge is -2.38. The van der Waals surface area contributed by atoms with E-state index in [1.54, 1.807) is 6.20 Å². The van der Waals surface area contributed by atoms with Gasteiger partial charge in [0, 0.05) is 29.6 Å².